The molecule has 0 aliphatic rings. The highest BCUT2D eigenvalue weighted by molar-refractivity contribution is 14.1. The number of ether oxygens (including phenoxy) is 2. The lowest BCUT2D eigenvalue weighted by molar-refractivity contribution is -0.142. The van der Waals surface area contributed by atoms with Crippen molar-refractivity contribution < 1.29 is 19.1 Å². The molecule has 0 heterocycles. The van der Waals surface area contributed by atoms with Crippen LogP contribution in [0.2, 0.25) is 0 Å². The van der Waals surface area contributed by atoms with Gasteiger partial charge in [0.2, 0.25) is 0 Å². The molecule has 6 heteroatoms. The minimum Gasteiger partial charge on any atom is -0.497 e. The number of halogens is 1. The normalized spacial score (nSPS) is 10.4. The highest BCUT2D eigenvalue weighted by Gasteiger charge is 2.06. The van der Waals surface area contributed by atoms with E-state index in [0.29, 0.717) is 5.69 Å². The molecule has 1 amide bonds. The number of anilines is 1. The van der Waals surface area contributed by atoms with E-state index in [9.17, 15) is 9.59 Å². The topological polar surface area (TPSA) is 64.6 Å². The summed E-state index contributed by atoms with van der Waals surface area (Å²) in [4.78, 5) is 23.4. The Hall–Kier alpha value is -2.35. The zero-order valence-electron chi connectivity index (χ0n) is 13.0. The monoisotopic (exact) mass is 437 g/mol. The van der Waals surface area contributed by atoms with Gasteiger partial charge in [0.1, 0.15) is 5.75 Å². The second-order valence-corrected chi connectivity index (χ2v) is 6.02. The van der Waals surface area contributed by atoms with Gasteiger partial charge in [-0.1, -0.05) is 18.2 Å². The highest BCUT2D eigenvalue weighted by Crippen LogP contribution is 2.13. The molecule has 2 rings (SSSR count). The minimum atomic E-state index is -0.580. The predicted molar refractivity (Wildman–Crippen MR) is 101 cm³/mol. The van der Waals surface area contributed by atoms with Crippen molar-refractivity contribution in [3.05, 3.63) is 63.7 Å². The van der Waals surface area contributed by atoms with Crippen molar-refractivity contribution >= 4 is 46.2 Å². The molecule has 0 aliphatic heterocycles. The second-order valence-electron chi connectivity index (χ2n) is 4.77. The fraction of sp³-hybridized carbons (Fsp3) is 0.111. The van der Waals surface area contributed by atoms with Gasteiger partial charge in [0.25, 0.3) is 5.91 Å². The summed E-state index contributed by atoms with van der Waals surface area (Å²) in [6, 6.07) is 14.6. The van der Waals surface area contributed by atoms with Crippen molar-refractivity contribution in [1.82, 2.24) is 0 Å². The van der Waals surface area contributed by atoms with Crippen LogP contribution >= 0.6 is 22.6 Å². The van der Waals surface area contributed by atoms with E-state index in [4.69, 9.17) is 9.47 Å². The van der Waals surface area contributed by atoms with Gasteiger partial charge >= 0.3 is 5.97 Å². The van der Waals surface area contributed by atoms with Crippen LogP contribution in [-0.2, 0) is 14.3 Å². The number of methoxy groups -OCH3 is 1. The zero-order valence-corrected chi connectivity index (χ0v) is 15.1. The molecule has 0 aromatic heterocycles. The summed E-state index contributed by atoms with van der Waals surface area (Å²) < 4.78 is 11.0. The molecule has 2 aromatic carbocycles. The Kier molecular flexibility index (Phi) is 6.80. The maximum Gasteiger partial charge on any atom is 0.331 e. The van der Waals surface area contributed by atoms with E-state index in [-0.39, 0.29) is 12.5 Å². The fourth-order valence-electron chi connectivity index (χ4n) is 1.83. The van der Waals surface area contributed by atoms with Crippen LogP contribution in [0.15, 0.2) is 54.6 Å². The average Bonchev–Trinajstić information content (AvgIpc) is 2.58. The molecule has 0 bridgehead atoms. The van der Waals surface area contributed by atoms with Gasteiger partial charge in [-0.25, -0.2) is 4.79 Å². The molecule has 0 saturated carbocycles. The number of rotatable bonds is 6. The van der Waals surface area contributed by atoms with Gasteiger partial charge in [-0.2, -0.15) is 0 Å². The maximum atomic E-state index is 11.7. The van der Waals surface area contributed by atoms with Crippen molar-refractivity contribution in [3.8, 4) is 5.75 Å². The Balaban J connectivity index is 1.79. The zero-order chi connectivity index (χ0) is 17.4. The maximum absolute atomic E-state index is 11.7. The fourth-order valence-corrected chi connectivity index (χ4v) is 2.37. The summed E-state index contributed by atoms with van der Waals surface area (Å²) in [6.45, 7) is -0.336. The first-order valence-electron chi connectivity index (χ1n) is 7.11. The summed E-state index contributed by atoms with van der Waals surface area (Å²) in [7, 11) is 1.59. The Labute approximate surface area is 153 Å². The van der Waals surface area contributed by atoms with E-state index in [0.717, 1.165) is 14.9 Å². The van der Waals surface area contributed by atoms with Crippen LogP contribution in [0, 0.1) is 3.57 Å². The molecular formula is C18H16INO4. The Bertz CT molecular complexity index is 741. The molecule has 1 N–H and O–H groups in total. The second kappa shape index (κ2) is 9.07. The van der Waals surface area contributed by atoms with Gasteiger partial charge in [0.15, 0.2) is 6.61 Å². The van der Waals surface area contributed by atoms with Crippen molar-refractivity contribution in [2.45, 2.75) is 0 Å². The van der Waals surface area contributed by atoms with Gasteiger partial charge in [-0.05, 0) is 64.6 Å². The van der Waals surface area contributed by atoms with E-state index in [2.05, 4.69) is 27.9 Å². The standard InChI is InChI=1S/C18H16INO4/c1-23-16-8-5-13(6-9-16)7-10-18(22)24-12-17(21)20-15-4-2-3-14(19)11-15/h2-11H,12H2,1H3,(H,20,21)/b10-7+. The summed E-state index contributed by atoms with van der Waals surface area (Å²) in [5.41, 5.74) is 1.49. The quantitative estimate of drug-likeness (QED) is 0.427. The van der Waals surface area contributed by atoms with Crippen molar-refractivity contribution in [3.63, 3.8) is 0 Å². The first-order chi connectivity index (χ1) is 11.6. The van der Waals surface area contributed by atoms with Crippen LogP contribution in [0.1, 0.15) is 5.56 Å². The molecule has 0 saturated heterocycles. The number of carbonyl (C=O) groups excluding carboxylic acids is 2. The molecular weight excluding hydrogens is 421 g/mol. The SMILES string of the molecule is COc1ccc(/C=C/C(=O)OCC(=O)Nc2cccc(I)c2)cc1. The number of hydrogen-bond donors (Lipinski definition) is 1. The Morgan fingerprint density at radius 3 is 2.58 bits per heavy atom. The lowest BCUT2D eigenvalue weighted by Crippen LogP contribution is -2.20. The molecule has 124 valence electrons. The van der Waals surface area contributed by atoms with Crippen molar-refractivity contribution in [1.29, 1.82) is 0 Å². The first kappa shape index (κ1) is 18.0. The lowest BCUT2D eigenvalue weighted by Gasteiger charge is -2.05. The summed E-state index contributed by atoms with van der Waals surface area (Å²) in [5.74, 6) is -0.228. The highest BCUT2D eigenvalue weighted by atomic mass is 127. The van der Waals surface area contributed by atoms with Gasteiger partial charge < -0.3 is 14.8 Å². The van der Waals surface area contributed by atoms with Crippen molar-refractivity contribution in [2.24, 2.45) is 0 Å². The number of amides is 1. The Morgan fingerprint density at radius 1 is 1.17 bits per heavy atom. The summed E-state index contributed by atoms with van der Waals surface area (Å²) >= 11 is 2.15. The molecule has 0 unspecified atom stereocenters. The van der Waals surface area contributed by atoms with E-state index in [1.165, 1.54) is 6.08 Å². The summed E-state index contributed by atoms with van der Waals surface area (Å²) in [5, 5.41) is 2.67. The van der Waals surface area contributed by atoms with Crippen LogP contribution in [0.4, 0.5) is 5.69 Å². The minimum absolute atomic E-state index is 0.336. The number of esters is 1. The molecule has 0 fully saturated rings. The number of carbonyl (C=O) groups is 2. The molecule has 24 heavy (non-hydrogen) atoms. The van der Waals surface area contributed by atoms with E-state index in [1.54, 1.807) is 31.4 Å². The first-order valence-corrected chi connectivity index (χ1v) is 8.19. The Morgan fingerprint density at radius 2 is 1.92 bits per heavy atom. The smallest absolute Gasteiger partial charge is 0.331 e. The molecule has 5 nitrogen and oxygen atoms in total. The number of nitrogens with one attached hydrogen (secondary N) is 1. The number of benzene rings is 2. The van der Waals surface area contributed by atoms with Crippen LogP contribution in [0.3, 0.4) is 0 Å². The van der Waals surface area contributed by atoms with Gasteiger partial charge in [-0.15, -0.1) is 0 Å². The number of hydrogen-bond acceptors (Lipinski definition) is 4. The van der Waals surface area contributed by atoms with Crippen molar-refractivity contribution in [2.75, 3.05) is 19.0 Å². The molecule has 0 spiro atoms. The third kappa shape index (κ3) is 6.04. The average molecular weight is 437 g/mol. The third-order valence-corrected chi connectivity index (χ3v) is 3.65. The lowest BCUT2D eigenvalue weighted by atomic mass is 10.2. The largest absolute Gasteiger partial charge is 0.497 e. The van der Waals surface area contributed by atoms with Gasteiger partial charge in [-0.3, -0.25) is 4.79 Å². The van der Waals surface area contributed by atoms with Crippen LogP contribution in [-0.4, -0.2) is 25.6 Å². The predicted octanol–water partition coefficient (Wildman–Crippen LogP) is 3.49. The third-order valence-electron chi connectivity index (χ3n) is 2.98. The van der Waals surface area contributed by atoms with Gasteiger partial charge in [0.05, 0.1) is 7.11 Å². The van der Waals surface area contributed by atoms with Gasteiger partial charge in [0, 0.05) is 15.3 Å². The van der Waals surface area contributed by atoms with Crippen LogP contribution in [0.25, 0.3) is 6.08 Å². The van der Waals surface area contributed by atoms with Crippen LogP contribution < -0.4 is 10.1 Å². The van der Waals surface area contributed by atoms with E-state index in [1.807, 2.05) is 30.3 Å². The molecule has 0 aliphatic carbocycles. The molecule has 2 aromatic rings. The van der Waals surface area contributed by atoms with Crippen LogP contribution in [0.5, 0.6) is 5.75 Å². The molecule has 0 atom stereocenters. The van der Waals surface area contributed by atoms with E-state index < -0.39 is 5.97 Å². The summed E-state index contributed by atoms with van der Waals surface area (Å²) in [6.07, 6.45) is 2.89. The van der Waals surface area contributed by atoms with E-state index >= 15 is 0 Å². The molecule has 0 radical (unpaired) electrons.